The number of amides is 1. The molecule has 0 aliphatic carbocycles. The van der Waals surface area contributed by atoms with Crippen molar-refractivity contribution in [3.8, 4) is 22.1 Å². The second-order valence-electron chi connectivity index (χ2n) is 6.06. The number of thiazole rings is 1. The highest BCUT2D eigenvalue weighted by atomic mass is 32.1. The standard InChI is InChI=1S/C21H21FN2O3S/c1-3-19(27-18-10-6-15(22)7-11-18)20(25)23-12-16-13-28-21(24-16)14-4-8-17(26-2)9-5-14/h4-11,13,19H,3,12H2,1-2H3,(H,23,25)/t19-/m1/s1. The number of aromatic nitrogens is 1. The van der Waals surface area contributed by atoms with Crippen molar-refractivity contribution < 1.29 is 18.7 Å². The number of benzene rings is 2. The summed E-state index contributed by atoms with van der Waals surface area (Å²) in [5.74, 6) is 0.672. The number of carbonyl (C=O) groups excluding carboxylic acids is 1. The van der Waals surface area contributed by atoms with E-state index in [1.807, 2.05) is 36.6 Å². The highest BCUT2D eigenvalue weighted by Crippen LogP contribution is 2.25. The van der Waals surface area contributed by atoms with Crippen LogP contribution in [0.15, 0.2) is 53.9 Å². The Hall–Kier alpha value is -2.93. The lowest BCUT2D eigenvalue weighted by atomic mass is 10.2. The molecule has 5 nitrogen and oxygen atoms in total. The van der Waals surface area contributed by atoms with Crippen LogP contribution >= 0.6 is 11.3 Å². The van der Waals surface area contributed by atoms with Crippen LogP contribution in [0.25, 0.3) is 10.6 Å². The zero-order valence-electron chi connectivity index (χ0n) is 15.6. The topological polar surface area (TPSA) is 60.5 Å². The molecule has 28 heavy (non-hydrogen) atoms. The summed E-state index contributed by atoms with van der Waals surface area (Å²) < 4.78 is 23.8. The van der Waals surface area contributed by atoms with Crippen molar-refractivity contribution in [1.82, 2.24) is 10.3 Å². The summed E-state index contributed by atoms with van der Waals surface area (Å²) in [5.41, 5.74) is 1.77. The summed E-state index contributed by atoms with van der Waals surface area (Å²) in [6, 6.07) is 13.3. The van der Waals surface area contributed by atoms with Gasteiger partial charge in [-0.05, 0) is 55.0 Å². The summed E-state index contributed by atoms with van der Waals surface area (Å²) in [6.45, 7) is 2.17. The normalized spacial score (nSPS) is 11.7. The van der Waals surface area contributed by atoms with Gasteiger partial charge in [-0.15, -0.1) is 11.3 Å². The van der Waals surface area contributed by atoms with E-state index in [0.29, 0.717) is 18.7 Å². The van der Waals surface area contributed by atoms with Gasteiger partial charge in [0.05, 0.1) is 19.3 Å². The maximum absolute atomic E-state index is 13.0. The molecule has 0 aliphatic rings. The first-order valence-electron chi connectivity index (χ1n) is 8.87. The number of rotatable bonds is 8. The van der Waals surface area contributed by atoms with E-state index in [0.717, 1.165) is 22.0 Å². The van der Waals surface area contributed by atoms with Gasteiger partial charge in [-0.25, -0.2) is 9.37 Å². The SMILES string of the molecule is CC[C@@H](Oc1ccc(F)cc1)C(=O)NCc1csc(-c2ccc(OC)cc2)n1. The largest absolute Gasteiger partial charge is 0.497 e. The van der Waals surface area contributed by atoms with Crippen molar-refractivity contribution in [3.63, 3.8) is 0 Å². The molecule has 3 aromatic rings. The van der Waals surface area contributed by atoms with Crippen LogP contribution in [0.5, 0.6) is 11.5 Å². The Balaban J connectivity index is 1.57. The molecule has 146 valence electrons. The van der Waals surface area contributed by atoms with E-state index >= 15 is 0 Å². The Labute approximate surface area is 167 Å². The lowest BCUT2D eigenvalue weighted by molar-refractivity contribution is -0.128. The zero-order valence-corrected chi connectivity index (χ0v) is 16.5. The molecule has 1 atom stereocenters. The van der Waals surface area contributed by atoms with Crippen molar-refractivity contribution in [2.45, 2.75) is 26.0 Å². The van der Waals surface area contributed by atoms with Crippen LogP contribution in [0.4, 0.5) is 4.39 Å². The average Bonchev–Trinajstić information content (AvgIpc) is 3.20. The molecular weight excluding hydrogens is 379 g/mol. The van der Waals surface area contributed by atoms with E-state index in [1.165, 1.54) is 35.6 Å². The fourth-order valence-corrected chi connectivity index (χ4v) is 3.37. The molecule has 0 aliphatic heterocycles. The van der Waals surface area contributed by atoms with Crippen LogP contribution in [-0.4, -0.2) is 24.1 Å². The minimum Gasteiger partial charge on any atom is -0.497 e. The molecule has 1 N–H and O–H groups in total. The Morgan fingerprint density at radius 1 is 1.14 bits per heavy atom. The average molecular weight is 400 g/mol. The predicted octanol–water partition coefficient (Wildman–Crippen LogP) is 4.43. The molecule has 0 saturated carbocycles. The Morgan fingerprint density at radius 2 is 1.82 bits per heavy atom. The van der Waals surface area contributed by atoms with Crippen LogP contribution in [0.1, 0.15) is 19.0 Å². The van der Waals surface area contributed by atoms with Gasteiger partial charge in [0.25, 0.3) is 5.91 Å². The molecule has 0 spiro atoms. The van der Waals surface area contributed by atoms with Crippen LogP contribution in [-0.2, 0) is 11.3 Å². The molecule has 0 bridgehead atoms. The number of hydrogen-bond acceptors (Lipinski definition) is 5. The van der Waals surface area contributed by atoms with Gasteiger partial charge < -0.3 is 14.8 Å². The van der Waals surface area contributed by atoms with E-state index in [4.69, 9.17) is 9.47 Å². The van der Waals surface area contributed by atoms with Gasteiger partial charge in [0, 0.05) is 10.9 Å². The second kappa shape index (κ2) is 9.32. The molecule has 0 radical (unpaired) electrons. The minimum absolute atomic E-state index is 0.231. The number of hydrogen-bond donors (Lipinski definition) is 1. The summed E-state index contributed by atoms with van der Waals surface area (Å²) in [6.07, 6.45) is -0.151. The van der Waals surface area contributed by atoms with E-state index < -0.39 is 6.10 Å². The van der Waals surface area contributed by atoms with Gasteiger partial charge in [-0.3, -0.25) is 4.79 Å². The van der Waals surface area contributed by atoms with Crippen molar-refractivity contribution in [2.75, 3.05) is 7.11 Å². The molecule has 2 aromatic carbocycles. The van der Waals surface area contributed by atoms with Gasteiger partial charge in [0.2, 0.25) is 0 Å². The van der Waals surface area contributed by atoms with E-state index in [9.17, 15) is 9.18 Å². The number of ether oxygens (including phenoxy) is 2. The minimum atomic E-state index is -0.648. The van der Waals surface area contributed by atoms with E-state index in [2.05, 4.69) is 10.3 Å². The first-order valence-corrected chi connectivity index (χ1v) is 9.75. The van der Waals surface area contributed by atoms with Crippen LogP contribution in [0.2, 0.25) is 0 Å². The van der Waals surface area contributed by atoms with Crippen LogP contribution in [0, 0.1) is 5.82 Å². The molecule has 0 saturated heterocycles. The van der Waals surface area contributed by atoms with Gasteiger partial charge in [0.1, 0.15) is 22.3 Å². The molecule has 3 rings (SSSR count). The highest BCUT2D eigenvalue weighted by molar-refractivity contribution is 7.13. The summed E-state index contributed by atoms with van der Waals surface area (Å²) in [5, 5.41) is 5.65. The fourth-order valence-electron chi connectivity index (χ4n) is 2.55. The Bertz CT molecular complexity index is 910. The number of nitrogens with one attached hydrogen (secondary N) is 1. The maximum atomic E-state index is 13.0. The third-order valence-electron chi connectivity index (χ3n) is 4.09. The highest BCUT2D eigenvalue weighted by Gasteiger charge is 2.18. The fraction of sp³-hybridized carbons (Fsp3) is 0.238. The molecule has 1 aromatic heterocycles. The van der Waals surface area contributed by atoms with Crippen LogP contribution < -0.4 is 14.8 Å². The predicted molar refractivity (Wildman–Crippen MR) is 107 cm³/mol. The maximum Gasteiger partial charge on any atom is 0.261 e. The van der Waals surface area contributed by atoms with Crippen molar-refractivity contribution in [3.05, 3.63) is 65.4 Å². The molecular formula is C21H21FN2O3S. The van der Waals surface area contributed by atoms with Gasteiger partial charge in [-0.2, -0.15) is 0 Å². The first kappa shape index (κ1) is 19.8. The van der Waals surface area contributed by atoms with Gasteiger partial charge in [-0.1, -0.05) is 6.92 Å². The van der Waals surface area contributed by atoms with Gasteiger partial charge in [0.15, 0.2) is 6.10 Å². The number of halogens is 1. The van der Waals surface area contributed by atoms with Crippen molar-refractivity contribution >= 4 is 17.2 Å². The summed E-state index contributed by atoms with van der Waals surface area (Å²) in [7, 11) is 1.63. The zero-order chi connectivity index (χ0) is 19.9. The second-order valence-corrected chi connectivity index (χ2v) is 6.92. The third-order valence-corrected chi connectivity index (χ3v) is 5.03. The first-order chi connectivity index (χ1) is 13.6. The summed E-state index contributed by atoms with van der Waals surface area (Å²) >= 11 is 1.52. The molecule has 0 unspecified atom stereocenters. The molecule has 0 fully saturated rings. The molecule has 7 heteroatoms. The lowest BCUT2D eigenvalue weighted by Crippen LogP contribution is -2.37. The van der Waals surface area contributed by atoms with E-state index in [1.54, 1.807) is 7.11 Å². The van der Waals surface area contributed by atoms with Crippen molar-refractivity contribution in [2.24, 2.45) is 0 Å². The summed E-state index contributed by atoms with van der Waals surface area (Å²) in [4.78, 5) is 17.0. The number of carbonyl (C=O) groups is 1. The Kier molecular flexibility index (Phi) is 6.60. The van der Waals surface area contributed by atoms with Crippen LogP contribution in [0.3, 0.4) is 0 Å². The number of nitrogens with zero attached hydrogens (tertiary/aromatic N) is 1. The lowest BCUT2D eigenvalue weighted by Gasteiger charge is -2.17. The quantitative estimate of drug-likeness (QED) is 0.608. The Morgan fingerprint density at radius 3 is 2.46 bits per heavy atom. The third kappa shape index (κ3) is 5.07. The van der Waals surface area contributed by atoms with E-state index in [-0.39, 0.29) is 11.7 Å². The van der Waals surface area contributed by atoms with Gasteiger partial charge >= 0.3 is 0 Å². The molecule has 1 amide bonds. The molecule has 1 heterocycles. The number of methoxy groups -OCH3 is 1. The smallest absolute Gasteiger partial charge is 0.261 e. The monoisotopic (exact) mass is 400 g/mol. The van der Waals surface area contributed by atoms with Crippen molar-refractivity contribution in [1.29, 1.82) is 0 Å².